The van der Waals surface area contributed by atoms with Gasteiger partial charge in [-0.15, -0.1) is 0 Å². The average Bonchev–Trinajstić information content (AvgIpc) is 3.02. The molecule has 4 rings (SSSR count). The van der Waals surface area contributed by atoms with Crippen molar-refractivity contribution < 1.29 is 13.2 Å². The number of hydrogen-bond acceptors (Lipinski definition) is 6. The van der Waals surface area contributed by atoms with E-state index in [0.717, 1.165) is 11.1 Å². The monoisotopic (exact) mass is 389 g/mol. The lowest BCUT2D eigenvalue weighted by Crippen LogP contribution is -2.42. The fraction of sp³-hybridized carbons (Fsp3) is 0.278. The van der Waals surface area contributed by atoms with Crippen LogP contribution in [0.15, 0.2) is 58.4 Å². The van der Waals surface area contributed by atoms with Crippen molar-refractivity contribution in [3.63, 3.8) is 0 Å². The number of anilines is 1. The van der Waals surface area contributed by atoms with Crippen molar-refractivity contribution >= 4 is 32.6 Å². The third-order valence-electron chi connectivity index (χ3n) is 4.79. The van der Waals surface area contributed by atoms with Gasteiger partial charge in [-0.3, -0.25) is 4.72 Å². The van der Waals surface area contributed by atoms with Gasteiger partial charge in [0, 0.05) is 11.4 Å². The highest BCUT2D eigenvalue weighted by atomic mass is 32.2. The van der Waals surface area contributed by atoms with Gasteiger partial charge in [-0.25, -0.2) is 13.4 Å². The second-order valence-electron chi connectivity index (χ2n) is 6.41. The highest BCUT2D eigenvalue weighted by molar-refractivity contribution is 8.14. The molecule has 0 aliphatic carbocycles. The fourth-order valence-electron chi connectivity index (χ4n) is 3.35. The van der Waals surface area contributed by atoms with E-state index in [1.165, 1.54) is 11.8 Å². The predicted octanol–water partition coefficient (Wildman–Crippen LogP) is 2.66. The van der Waals surface area contributed by atoms with Crippen LogP contribution in [0, 0.1) is 0 Å². The molecule has 0 bridgehead atoms. The maximum atomic E-state index is 12.6. The normalized spacial score (nSPS) is 25.0. The van der Waals surface area contributed by atoms with Gasteiger partial charge < -0.3 is 10.5 Å². The molecule has 0 radical (unpaired) electrons. The first-order valence-electron chi connectivity index (χ1n) is 8.22. The smallest absolute Gasteiger partial charge is 0.261 e. The molecule has 0 saturated heterocycles. The number of ether oxygens (including phenoxy) is 1. The van der Waals surface area contributed by atoms with Crippen LogP contribution in [0.4, 0.5) is 5.69 Å². The molecule has 8 heteroatoms. The summed E-state index contributed by atoms with van der Waals surface area (Å²) in [6, 6.07) is 13.8. The summed E-state index contributed by atoms with van der Waals surface area (Å²) in [7, 11) is -3.65. The fourth-order valence-corrected chi connectivity index (χ4v) is 5.47. The van der Waals surface area contributed by atoms with Crippen LogP contribution in [0.5, 0.6) is 0 Å². The van der Waals surface area contributed by atoms with Crippen LogP contribution in [-0.4, -0.2) is 25.4 Å². The lowest BCUT2D eigenvalue weighted by Gasteiger charge is -2.38. The number of benzene rings is 2. The van der Waals surface area contributed by atoms with Crippen molar-refractivity contribution in [2.75, 3.05) is 10.5 Å². The molecular weight excluding hydrogens is 370 g/mol. The topological polar surface area (TPSA) is 93.8 Å². The number of fused-ring (bicyclic) bond motifs is 2. The molecule has 26 heavy (non-hydrogen) atoms. The third kappa shape index (κ3) is 2.87. The molecule has 1 spiro atoms. The molecule has 2 heterocycles. The number of amidine groups is 1. The summed E-state index contributed by atoms with van der Waals surface area (Å²) in [4.78, 5) is 4.88. The summed E-state index contributed by atoms with van der Waals surface area (Å²) in [5.41, 5.74) is 7.83. The Morgan fingerprint density at radius 2 is 2.04 bits per heavy atom. The van der Waals surface area contributed by atoms with E-state index in [9.17, 15) is 8.42 Å². The number of nitrogens with zero attached hydrogens (tertiary/aromatic N) is 1. The summed E-state index contributed by atoms with van der Waals surface area (Å²) >= 11 is 1.49. The van der Waals surface area contributed by atoms with Gasteiger partial charge in [-0.2, -0.15) is 0 Å². The number of aliphatic imine (C=N–C) groups is 1. The van der Waals surface area contributed by atoms with Crippen LogP contribution in [0.2, 0.25) is 0 Å². The van der Waals surface area contributed by atoms with Gasteiger partial charge in [0.25, 0.3) is 10.0 Å². The number of rotatable bonds is 3. The van der Waals surface area contributed by atoms with E-state index in [1.54, 1.807) is 36.4 Å². The standard InChI is InChI=1S/C18H19N3O3S2/c1-12-18(11-25-17(19)20-18)16-9-14(8-7-13(16)10-24-12)21-26(22,23)15-5-3-2-4-6-15/h2-9,12,21H,10-11H2,1H3,(H2,19,20). The van der Waals surface area contributed by atoms with Gasteiger partial charge in [-0.05, 0) is 42.3 Å². The Balaban J connectivity index is 1.74. The van der Waals surface area contributed by atoms with Crippen LogP contribution in [0.1, 0.15) is 18.1 Å². The Bertz CT molecular complexity index is 976. The summed E-state index contributed by atoms with van der Waals surface area (Å²) in [6.45, 7) is 2.45. The second-order valence-corrected chi connectivity index (χ2v) is 9.08. The zero-order chi connectivity index (χ0) is 18.4. The average molecular weight is 390 g/mol. The largest absolute Gasteiger partial charge is 0.379 e. The predicted molar refractivity (Wildman–Crippen MR) is 104 cm³/mol. The van der Waals surface area contributed by atoms with E-state index in [-0.39, 0.29) is 11.0 Å². The van der Waals surface area contributed by atoms with E-state index < -0.39 is 15.6 Å². The molecule has 2 aromatic carbocycles. The van der Waals surface area contributed by atoms with Crippen molar-refractivity contribution in [3.05, 3.63) is 59.7 Å². The number of thioether (sulfide) groups is 1. The zero-order valence-electron chi connectivity index (χ0n) is 14.2. The third-order valence-corrected chi connectivity index (χ3v) is 7.16. The number of hydrogen-bond donors (Lipinski definition) is 2. The Morgan fingerprint density at radius 3 is 2.73 bits per heavy atom. The molecule has 0 saturated carbocycles. The molecule has 2 aliphatic heterocycles. The van der Waals surface area contributed by atoms with Crippen LogP contribution >= 0.6 is 11.8 Å². The molecular formula is C18H19N3O3S2. The first kappa shape index (κ1) is 17.4. The number of sulfonamides is 1. The van der Waals surface area contributed by atoms with Crippen LogP contribution in [0.25, 0.3) is 0 Å². The summed E-state index contributed by atoms with van der Waals surface area (Å²) in [5, 5.41) is 0.531. The van der Waals surface area contributed by atoms with Crippen molar-refractivity contribution in [1.82, 2.24) is 0 Å². The van der Waals surface area contributed by atoms with Crippen molar-refractivity contribution in [2.24, 2.45) is 10.7 Å². The Morgan fingerprint density at radius 1 is 1.27 bits per heavy atom. The van der Waals surface area contributed by atoms with Gasteiger partial charge in [0.05, 0.1) is 17.6 Å². The maximum Gasteiger partial charge on any atom is 0.261 e. The molecule has 3 N–H and O–H groups in total. The minimum absolute atomic E-state index is 0.135. The number of nitrogens with two attached hydrogens (primary N) is 1. The van der Waals surface area contributed by atoms with Crippen molar-refractivity contribution in [2.45, 2.75) is 30.1 Å². The number of nitrogens with one attached hydrogen (secondary N) is 1. The molecule has 0 aromatic heterocycles. The first-order chi connectivity index (χ1) is 12.4. The molecule has 0 fully saturated rings. The van der Waals surface area contributed by atoms with E-state index in [4.69, 9.17) is 10.5 Å². The van der Waals surface area contributed by atoms with Crippen LogP contribution < -0.4 is 10.5 Å². The van der Waals surface area contributed by atoms with E-state index in [2.05, 4.69) is 9.71 Å². The van der Waals surface area contributed by atoms with Crippen molar-refractivity contribution in [3.8, 4) is 0 Å². The minimum atomic E-state index is -3.65. The van der Waals surface area contributed by atoms with Gasteiger partial charge in [-0.1, -0.05) is 36.0 Å². The molecule has 2 unspecified atom stereocenters. The quantitative estimate of drug-likeness (QED) is 0.842. The van der Waals surface area contributed by atoms with Crippen molar-refractivity contribution in [1.29, 1.82) is 0 Å². The zero-order valence-corrected chi connectivity index (χ0v) is 15.8. The summed E-state index contributed by atoms with van der Waals surface area (Å²) < 4.78 is 33.8. The lowest BCUT2D eigenvalue weighted by molar-refractivity contribution is -0.00896. The lowest BCUT2D eigenvalue weighted by atomic mass is 9.82. The second kappa shape index (κ2) is 6.29. The Kier molecular flexibility index (Phi) is 4.21. The highest BCUT2D eigenvalue weighted by Crippen LogP contribution is 2.45. The maximum absolute atomic E-state index is 12.6. The highest BCUT2D eigenvalue weighted by Gasteiger charge is 2.46. The van der Waals surface area contributed by atoms with Gasteiger partial charge in [0.2, 0.25) is 0 Å². The first-order valence-corrected chi connectivity index (χ1v) is 10.7. The molecule has 2 aromatic rings. The molecule has 6 nitrogen and oxygen atoms in total. The van der Waals surface area contributed by atoms with Gasteiger partial charge in [0.1, 0.15) is 5.54 Å². The van der Waals surface area contributed by atoms with E-state index in [0.29, 0.717) is 23.2 Å². The Labute approximate surface area is 156 Å². The summed E-state index contributed by atoms with van der Waals surface area (Å²) in [6.07, 6.45) is -0.135. The molecule has 2 atom stereocenters. The molecule has 0 amide bonds. The van der Waals surface area contributed by atoms with E-state index >= 15 is 0 Å². The summed E-state index contributed by atoms with van der Waals surface area (Å²) in [5.74, 6) is 0.682. The Hall–Kier alpha value is -2.03. The molecule has 2 aliphatic rings. The molecule has 136 valence electrons. The van der Waals surface area contributed by atoms with Gasteiger partial charge in [0.15, 0.2) is 5.17 Å². The minimum Gasteiger partial charge on any atom is -0.379 e. The van der Waals surface area contributed by atoms with Crippen LogP contribution in [-0.2, 0) is 26.9 Å². The van der Waals surface area contributed by atoms with Gasteiger partial charge >= 0.3 is 0 Å². The van der Waals surface area contributed by atoms with E-state index in [1.807, 2.05) is 19.1 Å². The SMILES string of the molecule is CC1OCc2ccc(NS(=O)(=O)c3ccccc3)cc2C12CSC(N)=N2. The van der Waals surface area contributed by atoms with Crippen LogP contribution in [0.3, 0.4) is 0 Å².